The zero-order valence-electron chi connectivity index (χ0n) is 14.5. The van der Waals surface area contributed by atoms with Crippen molar-refractivity contribution < 1.29 is 4.79 Å². The minimum Gasteiger partial charge on any atom is -0.326 e. The first-order valence-electron chi connectivity index (χ1n) is 8.74. The van der Waals surface area contributed by atoms with E-state index in [2.05, 4.69) is 39.8 Å². The molecule has 0 fully saturated rings. The normalized spacial score (nSPS) is 13.2. The predicted molar refractivity (Wildman–Crippen MR) is 100 cm³/mol. The van der Waals surface area contributed by atoms with Gasteiger partial charge < -0.3 is 5.32 Å². The summed E-state index contributed by atoms with van der Waals surface area (Å²) in [5.74, 6) is 0.0825. The molecule has 4 nitrogen and oxygen atoms in total. The largest absolute Gasteiger partial charge is 0.326 e. The predicted octanol–water partition coefficient (Wildman–Crippen LogP) is 4.63. The molecular weight excluding hydrogens is 310 g/mol. The van der Waals surface area contributed by atoms with Crippen molar-refractivity contribution in [1.82, 2.24) is 10.2 Å². The van der Waals surface area contributed by atoms with Gasteiger partial charge >= 0.3 is 0 Å². The molecule has 0 saturated heterocycles. The lowest BCUT2D eigenvalue weighted by atomic mass is 10.0. The molecule has 0 spiro atoms. The van der Waals surface area contributed by atoms with E-state index in [9.17, 15) is 4.79 Å². The SMILES string of the molecule is CCC(C)C(=O)Nc1ccc(-c2n[nH]c3c2Cc2ccccc2-3)cc1. The van der Waals surface area contributed by atoms with E-state index in [1.54, 1.807) is 0 Å². The van der Waals surface area contributed by atoms with Crippen molar-refractivity contribution in [3.05, 3.63) is 59.7 Å². The number of nitrogens with zero attached hydrogens (tertiary/aromatic N) is 1. The Bertz CT molecular complexity index is 925. The number of hydrogen-bond acceptors (Lipinski definition) is 2. The van der Waals surface area contributed by atoms with Gasteiger partial charge in [-0.2, -0.15) is 5.10 Å². The zero-order chi connectivity index (χ0) is 17.4. The molecular formula is C21H21N3O. The highest BCUT2D eigenvalue weighted by molar-refractivity contribution is 5.92. The first-order valence-corrected chi connectivity index (χ1v) is 8.74. The Morgan fingerprint density at radius 1 is 1.20 bits per heavy atom. The minimum absolute atomic E-state index is 0.0211. The quantitative estimate of drug-likeness (QED) is 0.573. The lowest BCUT2D eigenvalue weighted by Gasteiger charge is -2.10. The summed E-state index contributed by atoms with van der Waals surface area (Å²) >= 11 is 0. The summed E-state index contributed by atoms with van der Waals surface area (Å²) in [6, 6.07) is 16.4. The molecule has 0 aliphatic heterocycles. The number of hydrogen-bond donors (Lipinski definition) is 2. The van der Waals surface area contributed by atoms with E-state index in [0.29, 0.717) is 0 Å². The number of fused-ring (bicyclic) bond motifs is 3. The molecule has 2 N–H and O–H groups in total. The second kappa shape index (κ2) is 6.20. The fourth-order valence-corrected chi connectivity index (χ4v) is 3.27. The molecule has 25 heavy (non-hydrogen) atoms. The summed E-state index contributed by atoms with van der Waals surface area (Å²) in [5, 5.41) is 10.7. The number of amides is 1. The van der Waals surface area contributed by atoms with Crippen molar-refractivity contribution in [3.63, 3.8) is 0 Å². The molecule has 126 valence electrons. The van der Waals surface area contributed by atoms with Crippen molar-refractivity contribution in [2.75, 3.05) is 5.32 Å². The van der Waals surface area contributed by atoms with E-state index >= 15 is 0 Å². The molecule has 1 aliphatic rings. The van der Waals surface area contributed by atoms with E-state index in [1.165, 1.54) is 16.7 Å². The van der Waals surface area contributed by atoms with Crippen LogP contribution in [0.15, 0.2) is 48.5 Å². The van der Waals surface area contributed by atoms with Crippen LogP contribution in [0.3, 0.4) is 0 Å². The van der Waals surface area contributed by atoms with Gasteiger partial charge in [0.15, 0.2) is 0 Å². The van der Waals surface area contributed by atoms with Gasteiger partial charge in [0, 0.05) is 34.7 Å². The van der Waals surface area contributed by atoms with E-state index in [0.717, 1.165) is 35.5 Å². The maximum Gasteiger partial charge on any atom is 0.227 e. The van der Waals surface area contributed by atoms with E-state index in [-0.39, 0.29) is 11.8 Å². The molecule has 1 unspecified atom stereocenters. The standard InChI is InChI=1S/C21H21N3O/c1-3-13(2)21(25)22-16-10-8-14(9-11-16)19-18-12-15-6-4-5-7-17(15)20(18)24-23-19/h4-11,13H,3,12H2,1-2H3,(H,22,25)(H,23,24). The van der Waals surface area contributed by atoms with Gasteiger partial charge in [-0.25, -0.2) is 0 Å². The van der Waals surface area contributed by atoms with Crippen LogP contribution in [-0.4, -0.2) is 16.1 Å². The number of benzene rings is 2. The Morgan fingerprint density at radius 3 is 2.72 bits per heavy atom. The highest BCUT2D eigenvalue weighted by atomic mass is 16.1. The fourth-order valence-electron chi connectivity index (χ4n) is 3.27. The smallest absolute Gasteiger partial charge is 0.227 e. The maximum absolute atomic E-state index is 12.0. The molecule has 0 saturated carbocycles. The van der Waals surface area contributed by atoms with Gasteiger partial charge in [0.05, 0.1) is 11.4 Å². The van der Waals surface area contributed by atoms with Crippen LogP contribution in [0.4, 0.5) is 5.69 Å². The third-order valence-corrected chi connectivity index (χ3v) is 5.01. The van der Waals surface area contributed by atoms with Gasteiger partial charge in [-0.15, -0.1) is 0 Å². The monoisotopic (exact) mass is 331 g/mol. The highest BCUT2D eigenvalue weighted by Gasteiger charge is 2.24. The number of nitrogens with one attached hydrogen (secondary N) is 2. The van der Waals surface area contributed by atoms with Crippen LogP contribution in [0, 0.1) is 5.92 Å². The van der Waals surface area contributed by atoms with Crippen molar-refractivity contribution >= 4 is 11.6 Å². The molecule has 1 aliphatic carbocycles. The Labute approximate surface area is 147 Å². The number of H-pyrrole nitrogens is 1. The Hall–Kier alpha value is -2.88. The average molecular weight is 331 g/mol. The van der Waals surface area contributed by atoms with Crippen LogP contribution in [0.5, 0.6) is 0 Å². The van der Waals surface area contributed by atoms with Crippen molar-refractivity contribution in [1.29, 1.82) is 0 Å². The topological polar surface area (TPSA) is 57.8 Å². The van der Waals surface area contributed by atoms with Crippen molar-refractivity contribution in [2.24, 2.45) is 5.92 Å². The average Bonchev–Trinajstić information content (AvgIpc) is 3.21. The van der Waals surface area contributed by atoms with Gasteiger partial charge in [-0.05, 0) is 24.1 Å². The Kier molecular flexibility index (Phi) is 3.88. The molecule has 2 aromatic carbocycles. The summed E-state index contributed by atoms with van der Waals surface area (Å²) in [6.07, 6.45) is 1.74. The Morgan fingerprint density at radius 2 is 1.96 bits per heavy atom. The molecule has 1 heterocycles. The first-order chi connectivity index (χ1) is 12.2. The third-order valence-electron chi connectivity index (χ3n) is 5.01. The molecule has 4 heteroatoms. The van der Waals surface area contributed by atoms with Crippen LogP contribution >= 0.6 is 0 Å². The fraction of sp³-hybridized carbons (Fsp3) is 0.238. The zero-order valence-corrected chi connectivity index (χ0v) is 14.5. The van der Waals surface area contributed by atoms with E-state index in [4.69, 9.17) is 0 Å². The minimum atomic E-state index is 0.0211. The maximum atomic E-state index is 12.0. The van der Waals surface area contributed by atoms with Crippen LogP contribution in [0.25, 0.3) is 22.5 Å². The summed E-state index contributed by atoms with van der Waals surface area (Å²) in [6.45, 7) is 3.96. The highest BCUT2D eigenvalue weighted by Crippen LogP contribution is 2.39. The molecule has 0 radical (unpaired) electrons. The van der Waals surface area contributed by atoms with Gasteiger partial charge in [-0.1, -0.05) is 50.2 Å². The van der Waals surface area contributed by atoms with E-state index in [1.807, 2.05) is 38.1 Å². The Balaban J connectivity index is 1.58. The third kappa shape index (κ3) is 2.74. The van der Waals surface area contributed by atoms with Crippen LogP contribution in [-0.2, 0) is 11.2 Å². The van der Waals surface area contributed by atoms with Crippen LogP contribution in [0.2, 0.25) is 0 Å². The van der Waals surface area contributed by atoms with Gasteiger partial charge in [0.2, 0.25) is 5.91 Å². The summed E-state index contributed by atoms with van der Waals surface area (Å²) in [5.41, 5.74) is 7.83. The summed E-state index contributed by atoms with van der Waals surface area (Å²) in [4.78, 5) is 12.0. The second-order valence-electron chi connectivity index (χ2n) is 6.64. The molecule has 0 bridgehead atoms. The van der Waals surface area contributed by atoms with Crippen molar-refractivity contribution in [3.8, 4) is 22.5 Å². The first kappa shape index (κ1) is 15.6. The number of carbonyl (C=O) groups excluding carboxylic acids is 1. The molecule has 4 rings (SSSR count). The van der Waals surface area contributed by atoms with Crippen LogP contribution in [0.1, 0.15) is 31.4 Å². The number of rotatable bonds is 4. The molecule has 3 aromatic rings. The van der Waals surface area contributed by atoms with Gasteiger partial charge in [-0.3, -0.25) is 9.89 Å². The molecule has 1 atom stereocenters. The number of aromatic amines is 1. The molecule has 1 amide bonds. The second-order valence-corrected chi connectivity index (χ2v) is 6.64. The van der Waals surface area contributed by atoms with E-state index < -0.39 is 0 Å². The summed E-state index contributed by atoms with van der Waals surface area (Å²) < 4.78 is 0. The molecule has 1 aromatic heterocycles. The summed E-state index contributed by atoms with van der Waals surface area (Å²) in [7, 11) is 0. The number of aromatic nitrogens is 2. The lowest BCUT2D eigenvalue weighted by Crippen LogP contribution is -2.19. The van der Waals surface area contributed by atoms with Crippen LogP contribution < -0.4 is 5.32 Å². The van der Waals surface area contributed by atoms with Gasteiger partial charge in [0.1, 0.15) is 0 Å². The number of carbonyl (C=O) groups is 1. The van der Waals surface area contributed by atoms with Crippen molar-refractivity contribution in [2.45, 2.75) is 26.7 Å². The van der Waals surface area contributed by atoms with Gasteiger partial charge in [0.25, 0.3) is 0 Å². The number of anilines is 1. The lowest BCUT2D eigenvalue weighted by molar-refractivity contribution is -0.119.